The molecular formula is C16H27N7S. The van der Waals surface area contributed by atoms with Gasteiger partial charge in [-0.25, -0.2) is 9.97 Å². The number of rotatable bonds is 10. The van der Waals surface area contributed by atoms with Gasteiger partial charge in [0.1, 0.15) is 0 Å². The summed E-state index contributed by atoms with van der Waals surface area (Å²) in [6, 6.07) is 0.292. The fourth-order valence-electron chi connectivity index (χ4n) is 2.26. The van der Waals surface area contributed by atoms with Crippen molar-refractivity contribution in [2.75, 3.05) is 12.3 Å². The van der Waals surface area contributed by atoms with Gasteiger partial charge >= 0.3 is 0 Å². The second kappa shape index (κ2) is 10.0. The number of guanidine groups is 1. The highest BCUT2D eigenvalue weighted by Gasteiger charge is 2.09. The quantitative estimate of drug-likeness (QED) is 0.257. The highest BCUT2D eigenvalue weighted by molar-refractivity contribution is 7.98. The van der Waals surface area contributed by atoms with Gasteiger partial charge in [-0.2, -0.15) is 11.8 Å². The number of nitrogens with one attached hydrogen (secondary N) is 5. The Labute approximate surface area is 147 Å². The summed E-state index contributed by atoms with van der Waals surface area (Å²) in [5.41, 5.74) is 3.31. The maximum Gasteiger partial charge on any atom is 0.188 e. The van der Waals surface area contributed by atoms with Crippen molar-refractivity contribution < 1.29 is 0 Å². The molecule has 2 rings (SSSR count). The van der Waals surface area contributed by atoms with Crippen molar-refractivity contribution >= 4 is 17.7 Å². The van der Waals surface area contributed by atoms with Crippen molar-refractivity contribution in [3.8, 4) is 0 Å². The van der Waals surface area contributed by atoms with E-state index in [1.54, 1.807) is 12.7 Å². The Morgan fingerprint density at radius 3 is 2.92 bits per heavy atom. The van der Waals surface area contributed by atoms with Crippen molar-refractivity contribution in [1.29, 1.82) is 5.41 Å². The number of nitrogens with zero attached hydrogens (tertiary/aromatic N) is 2. The van der Waals surface area contributed by atoms with E-state index in [1.165, 1.54) is 0 Å². The Morgan fingerprint density at radius 1 is 1.38 bits per heavy atom. The van der Waals surface area contributed by atoms with Crippen LogP contribution in [0.4, 0.5) is 0 Å². The molecule has 0 unspecified atom stereocenters. The predicted molar refractivity (Wildman–Crippen MR) is 99.3 cm³/mol. The molecule has 2 aromatic rings. The molecule has 0 saturated heterocycles. The van der Waals surface area contributed by atoms with E-state index < -0.39 is 0 Å². The molecule has 0 amide bonds. The second-order valence-electron chi connectivity index (χ2n) is 5.70. The molecule has 0 saturated carbocycles. The van der Waals surface area contributed by atoms with E-state index >= 15 is 0 Å². The van der Waals surface area contributed by atoms with Crippen LogP contribution in [0.25, 0.3) is 0 Å². The molecule has 24 heavy (non-hydrogen) atoms. The van der Waals surface area contributed by atoms with Crippen LogP contribution in [0.5, 0.6) is 0 Å². The first-order valence-electron chi connectivity index (χ1n) is 8.32. The number of H-pyrrole nitrogens is 2. The normalized spacial score (nSPS) is 12.1. The summed E-state index contributed by atoms with van der Waals surface area (Å²) in [6.45, 7) is 4.96. The summed E-state index contributed by atoms with van der Waals surface area (Å²) in [5, 5.41) is 14.4. The zero-order chi connectivity index (χ0) is 17.2. The maximum atomic E-state index is 8.01. The van der Waals surface area contributed by atoms with E-state index in [0.717, 1.165) is 54.4 Å². The van der Waals surface area contributed by atoms with Gasteiger partial charge in [0.25, 0.3) is 0 Å². The summed E-state index contributed by atoms with van der Waals surface area (Å²) >= 11 is 1.85. The molecule has 1 atom stereocenters. The van der Waals surface area contributed by atoms with Crippen LogP contribution in [0.3, 0.4) is 0 Å². The molecule has 2 aromatic heterocycles. The Morgan fingerprint density at radius 2 is 2.25 bits per heavy atom. The third-order valence-corrected chi connectivity index (χ3v) is 4.92. The Balaban J connectivity index is 1.58. The van der Waals surface area contributed by atoms with Gasteiger partial charge in [0.05, 0.1) is 24.0 Å². The van der Waals surface area contributed by atoms with Crippen LogP contribution in [0.1, 0.15) is 36.8 Å². The van der Waals surface area contributed by atoms with Gasteiger partial charge in [0.2, 0.25) is 0 Å². The lowest BCUT2D eigenvalue weighted by Gasteiger charge is -2.19. The first kappa shape index (κ1) is 18.4. The average Bonchev–Trinajstić information content (AvgIpc) is 3.23. The van der Waals surface area contributed by atoms with Crippen LogP contribution >= 0.6 is 11.8 Å². The number of aromatic amines is 2. The van der Waals surface area contributed by atoms with Crippen LogP contribution in [0, 0.1) is 12.3 Å². The lowest BCUT2D eigenvalue weighted by atomic mass is 10.2. The monoisotopic (exact) mass is 349 g/mol. The molecule has 5 N–H and O–H groups in total. The number of thioether (sulfide) groups is 1. The maximum absolute atomic E-state index is 8.01. The summed E-state index contributed by atoms with van der Waals surface area (Å²) in [4.78, 5) is 14.6. The van der Waals surface area contributed by atoms with Crippen LogP contribution in [-0.4, -0.2) is 44.2 Å². The highest BCUT2D eigenvalue weighted by Crippen LogP contribution is 2.14. The molecule has 0 bridgehead atoms. The zero-order valence-corrected chi connectivity index (χ0v) is 15.2. The average molecular weight is 350 g/mol. The Hall–Kier alpha value is -1.96. The van der Waals surface area contributed by atoms with Crippen molar-refractivity contribution in [1.82, 2.24) is 30.6 Å². The number of hydrogen-bond acceptors (Lipinski definition) is 4. The van der Waals surface area contributed by atoms with Crippen molar-refractivity contribution in [2.24, 2.45) is 0 Å². The van der Waals surface area contributed by atoms with E-state index in [2.05, 4.69) is 37.5 Å². The summed E-state index contributed by atoms with van der Waals surface area (Å²) in [6.07, 6.45) is 8.21. The van der Waals surface area contributed by atoms with Crippen molar-refractivity contribution in [2.45, 2.75) is 44.9 Å². The van der Waals surface area contributed by atoms with E-state index in [1.807, 2.05) is 24.9 Å². The van der Waals surface area contributed by atoms with Gasteiger partial charge in [-0.3, -0.25) is 5.41 Å². The number of imidazole rings is 2. The fraction of sp³-hybridized carbons (Fsp3) is 0.562. The minimum Gasteiger partial charge on any atom is -0.357 e. The SMILES string of the molecule is CC[C@H](CSCc1nc[nH]c1C)NC(=N)NCCCc1c[nH]cn1. The summed E-state index contributed by atoms with van der Waals surface area (Å²) in [7, 11) is 0. The molecule has 0 aliphatic heterocycles. The predicted octanol–water partition coefficient (Wildman–Crippen LogP) is 2.20. The Kier molecular flexibility index (Phi) is 7.67. The number of hydrogen-bond donors (Lipinski definition) is 5. The molecule has 0 aromatic carbocycles. The smallest absolute Gasteiger partial charge is 0.188 e. The number of aryl methyl sites for hydroxylation is 2. The van der Waals surface area contributed by atoms with Crippen molar-refractivity contribution in [3.63, 3.8) is 0 Å². The molecule has 8 heteroatoms. The summed E-state index contributed by atoms with van der Waals surface area (Å²) in [5.74, 6) is 2.26. The number of aromatic nitrogens is 4. The molecule has 0 radical (unpaired) electrons. The van der Waals surface area contributed by atoms with E-state index in [4.69, 9.17) is 5.41 Å². The Bertz CT molecular complexity index is 593. The van der Waals surface area contributed by atoms with Gasteiger partial charge in [0.15, 0.2) is 5.96 Å². The molecule has 7 nitrogen and oxygen atoms in total. The zero-order valence-electron chi connectivity index (χ0n) is 14.4. The van der Waals surface area contributed by atoms with E-state index in [0.29, 0.717) is 12.0 Å². The first-order valence-corrected chi connectivity index (χ1v) is 9.47. The standard InChI is InChI=1S/C16H27N7S/c1-3-13(8-24-9-15-12(2)20-11-22-15)23-16(17)19-6-4-5-14-7-18-10-21-14/h7,10-11,13H,3-6,8-9H2,1-2H3,(H,18,21)(H,20,22)(H3,17,19,23)/t13-/m1/s1. The largest absolute Gasteiger partial charge is 0.357 e. The summed E-state index contributed by atoms with van der Waals surface area (Å²) < 4.78 is 0. The molecule has 0 spiro atoms. The van der Waals surface area contributed by atoms with Gasteiger partial charge in [-0.1, -0.05) is 6.92 Å². The molecule has 0 aliphatic carbocycles. The van der Waals surface area contributed by atoms with Gasteiger partial charge in [-0.05, 0) is 26.2 Å². The van der Waals surface area contributed by atoms with Gasteiger partial charge in [0, 0.05) is 36.0 Å². The fourth-order valence-corrected chi connectivity index (χ4v) is 3.46. The first-order chi connectivity index (χ1) is 11.7. The lowest BCUT2D eigenvalue weighted by Crippen LogP contribution is -2.44. The molecule has 0 fully saturated rings. The third kappa shape index (κ3) is 6.27. The third-order valence-electron chi connectivity index (χ3n) is 3.80. The van der Waals surface area contributed by atoms with Gasteiger partial charge in [-0.15, -0.1) is 0 Å². The van der Waals surface area contributed by atoms with Crippen LogP contribution in [0.15, 0.2) is 18.9 Å². The highest BCUT2D eigenvalue weighted by atomic mass is 32.2. The van der Waals surface area contributed by atoms with Crippen LogP contribution < -0.4 is 10.6 Å². The molecule has 132 valence electrons. The second-order valence-corrected chi connectivity index (χ2v) is 6.73. The molecule has 2 heterocycles. The van der Waals surface area contributed by atoms with Crippen molar-refractivity contribution in [3.05, 3.63) is 35.9 Å². The van der Waals surface area contributed by atoms with Crippen LogP contribution in [-0.2, 0) is 12.2 Å². The van der Waals surface area contributed by atoms with E-state index in [-0.39, 0.29) is 0 Å². The van der Waals surface area contributed by atoms with Crippen LogP contribution in [0.2, 0.25) is 0 Å². The molecular weight excluding hydrogens is 322 g/mol. The molecule has 0 aliphatic rings. The minimum atomic E-state index is 0.292. The lowest BCUT2D eigenvalue weighted by molar-refractivity contribution is 0.625. The van der Waals surface area contributed by atoms with Gasteiger partial charge < -0.3 is 20.6 Å². The van der Waals surface area contributed by atoms with E-state index in [9.17, 15) is 0 Å². The topological polar surface area (TPSA) is 105 Å². The minimum absolute atomic E-state index is 0.292.